The molecule has 4 rings (SSSR count). The van der Waals surface area contributed by atoms with Crippen molar-refractivity contribution in [3.63, 3.8) is 0 Å². The van der Waals surface area contributed by atoms with Crippen LogP contribution in [0.25, 0.3) is 16.2 Å². The molecule has 29 heavy (non-hydrogen) atoms. The molecule has 0 radical (unpaired) electrons. The zero-order valence-electron chi connectivity index (χ0n) is 15.7. The van der Waals surface area contributed by atoms with Crippen LogP contribution in [0, 0.1) is 0 Å². The fourth-order valence-corrected chi connectivity index (χ4v) is 4.81. The van der Waals surface area contributed by atoms with E-state index in [1.165, 1.54) is 0 Å². The number of nitrogens with zero attached hydrogens (tertiary/aromatic N) is 2. The number of halogens is 1. The summed E-state index contributed by atoms with van der Waals surface area (Å²) in [6.07, 6.45) is 3.41. The second-order valence-corrected chi connectivity index (χ2v) is 8.29. The van der Waals surface area contributed by atoms with Crippen LogP contribution >= 0.6 is 22.9 Å². The summed E-state index contributed by atoms with van der Waals surface area (Å²) in [6.45, 7) is 2.75. The lowest BCUT2D eigenvalue weighted by atomic mass is 10.1. The number of anilines is 1. The van der Waals surface area contributed by atoms with Crippen molar-refractivity contribution < 1.29 is 9.59 Å². The van der Waals surface area contributed by atoms with Gasteiger partial charge in [0.05, 0.1) is 5.02 Å². The third kappa shape index (κ3) is 4.13. The molecule has 7 heteroatoms. The molecule has 0 saturated carbocycles. The van der Waals surface area contributed by atoms with E-state index in [9.17, 15) is 9.59 Å². The van der Waals surface area contributed by atoms with E-state index in [0.717, 1.165) is 33.7 Å². The number of rotatable bonds is 4. The summed E-state index contributed by atoms with van der Waals surface area (Å²) in [6, 6.07) is 15.2. The normalized spacial score (nSPS) is 14.7. The molecule has 0 atom stereocenters. The molecule has 3 aromatic rings. The van der Waals surface area contributed by atoms with Gasteiger partial charge in [-0.25, -0.2) is 0 Å². The molecule has 1 saturated heterocycles. The molecule has 0 spiro atoms. The zero-order valence-corrected chi connectivity index (χ0v) is 17.2. The fourth-order valence-electron chi connectivity index (χ4n) is 3.41. The Morgan fingerprint density at radius 1 is 1.00 bits per heavy atom. The Labute approximate surface area is 178 Å². The molecule has 0 aliphatic carbocycles. The number of carbonyl (C=O) groups is 2. The minimum absolute atomic E-state index is 0.0118. The number of carbonyl (C=O) groups excluding carboxylic acids is 2. The zero-order chi connectivity index (χ0) is 20.4. The maximum atomic E-state index is 12.6. The summed E-state index contributed by atoms with van der Waals surface area (Å²) in [4.78, 5) is 28.7. The summed E-state index contributed by atoms with van der Waals surface area (Å²) in [5, 5.41) is 1.71. The minimum atomic E-state index is -0.433. The lowest BCUT2D eigenvalue weighted by Gasteiger charge is -2.35. The molecule has 1 aliphatic heterocycles. The summed E-state index contributed by atoms with van der Waals surface area (Å²) in [5.74, 6) is -0.445. The highest BCUT2D eigenvalue weighted by Gasteiger charge is 2.20. The highest BCUT2D eigenvalue weighted by molar-refractivity contribution is 7.20. The molecule has 1 fully saturated rings. The Morgan fingerprint density at radius 3 is 2.34 bits per heavy atom. The first-order valence-electron chi connectivity index (χ1n) is 9.32. The fraction of sp³-hybridized carbons (Fsp3) is 0.182. The average Bonchev–Trinajstić information content (AvgIpc) is 3.08. The van der Waals surface area contributed by atoms with Gasteiger partial charge in [0.25, 0.3) is 0 Å². The molecule has 2 heterocycles. The maximum absolute atomic E-state index is 12.6. The number of thiophene rings is 1. The van der Waals surface area contributed by atoms with Crippen LogP contribution in [-0.2, 0) is 4.79 Å². The van der Waals surface area contributed by atoms with Crippen LogP contribution in [0.4, 0.5) is 5.69 Å². The van der Waals surface area contributed by atoms with E-state index >= 15 is 0 Å². The Balaban J connectivity index is 1.38. The molecule has 1 aromatic heterocycles. The van der Waals surface area contributed by atoms with Crippen LogP contribution in [0.2, 0.25) is 5.02 Å². The van der Waals surface area contributed by atoms with Crippen LogP contribution in [-0.4, -0.2) is 42.9 Å². The smallest absolute Gasteiger partial charge is 0.248 e. The predicted molar refractivity (Wildman–Crippen MR) is 120 cm³/mol. The quantitative estimate of drug-likeness (QED) is 0.642. The average molecular weight is 426 g/mol. The van der Waals surface area contributed by atoms with Gasteiger partial charge in [0, 0.05) is 58.5 Å². The SMILES string of the molecule is NC(=O)c1ccc(N2CCN(C(=O)/C=C/c3sc4ccccc4c3Cl)CC2)cc1. The highest BCUT2D eigenvalue weighted by atomic mass is 35.5. The van der Waals surface area contributed by atoms with Gasteiger partial charge >= 0.3 is 0 Å². The number of hydrogen-bond acceptors (Lipinski definition) is 4. The van der Waals surface area contributed by atoms with Crippen molar-refractivity contribution in [3.8, 4) is 0 Å². The van der Waals surface area contributed by atoms with Crippen molar-refractivity contribution in [1.82, 2.24) is 4.90 Å². The Morgan fingerprint density at radius 2 is 1.69 bits per heavy atom. The van der Waals surface area contributed by atoms with Crippen molar-refractivity contribution in [2.24, 2.45) is 5.73 Å². The third-order valence-electron chi connectivity index (χ3n) is 5.05. The topological polar surface area (TPSA) is 66.6 Å². The first kappa shape index (κ1) is 19.5. The first-order chi connectivity index (χ1) is 14.0. The number of piperazine rings is 1. The van der Waals surface area contributed by atoms with Gasteiger partial charge < -0.3 is 15.5 Å². The second kappa shape index (κ2) is 8.27. The van der Waals surface area contributed by atoms with Gasteiger partial charge in [0.15, 0.2) is 0 Å². The molecule has 1 aliphatic rings. The molecule has 0 bridgehead atoms. The van der Waals surface area contributed by atoms with Gasteiger partial charge in [-0.05, 0) is 36.4 Å². The number of fused-ring (bicyclic) bond motifs is 1. The van der Waals surface area contributed by atoms with Crippen molar-refractivity contribution in [1.29, 1.82) is 0 Å². The molecule has 2 N–H and O–H groups in total. The van der Waals surface area contributed by atoms with E-state index in [1.54, 1.807) is 29.5 Å². The molecule has 0 unspecified atom stereocenters. The van der Waals surface area contributed by atoms with Crippen molar-refractivity contribution in [2.45, 2.75) is 0 Å². The van der Waals surface area contributed by atoms with Crippen molar-refractivity contribution in [2.75, 3.05) is 31.1 Å². The lowest BCUT2D eigenvalue weighted by Crippen LogP contribution is -2.48. The summed E-state index contributed by atoms with van der Waals surface area (Å²) in [5.41, 5.74) is 6.80. The van der Waals surface area contributed by atoms with Crippen LogP contribution in [0.5, 0.6) is 0 Å². The number of benzene rings is 2. The Hall–Kier alpha value is -2.83. The van der Waals surface area contributed by atoms with Crippen molar-refractivity contribution >= 4 is 56.6 Å². The molecular weight excluding hydrogens is 406 g/mol. The molecule has 2 aromatic carbocycles. The number of amides is 2. The van der Waals surface area contributed by atoms with E-state index in [4.69, 9.17) is 17.3 Å². The molecule has 148 valence electrons. The van der Waals surface area contributed by atoms with E-state index in [1.807, 2.05) is 47.4 Å². The van der Waals surface area contributed by atoms with Crippen LogP contribution < -0.4 is 10.6 Å². The van der Waals surface area contributed by atoms with Crippen LogP contribution in [0.3, 0.4) is 0 Å². The van der Waals surface area contributed by atoms with Gasteiger partial charge in [-0.2, -0.15) is 0 Å². The van der Waals surface area contributed by atoms with E-state index < -0.39 is 5.91 Å². The number of hydrogen-bond donors (Lipinski definition) is 1. The number of nitrogens with two attached hydrogens (primary N) is 1. The second-order valence-electron chi connectivity index (χ2n) is 6.83. The largest absolute Gasteiger partial charge is 0.368 e. The predicted octanol–water partition coefficient (Wildman–Crippen LogP) is 4.02. The summed E-state index contributed by atoms with van der Waals surface area (Å²) in [7, 11) is 0. The molecule has 2 amide bonds. The van der Waals surface area contributed by atoms with Gasteiger partial charge in [-0.3, -0.25) is 9.59 Å². The van der Waals surface area contributed by atoms with Crippen LogP contribution in [0.1, 0.15) is 15.2 Å². The third-order valence-corrected chi connectivity index (χ3v) is 6.70. The molecular formula is C22H20ClN3O2S. The van der Waals surface area contributed by atoms with Gasteiger partial charge in [-0.15, -0.1) is 11.3 Å². The maximum Gasteiger partial charge on any atom is 0.248 e. The summed E-state index contributed by atoms with van der Waals surface area (Å²) >= 11 is 8.03. The minimum Gasteiger partial charge on any atom is -0.368 e. The van der Waals surface area contributed by atoms with Gasteiger partial charge in [0.2, 0.25) is 11.8 Å². The Kier molecular flexibility index (Phi) is 5.56. The van der Waals surface area contributed by atoms with Gasteiger partial charge in [-0.1, -0.05) is 29.8 Å². The first-order valence-corrected chi connectivity index (χ1v) is 10.5. The van der Waals surface area contributed by atoms with E-state index in [-0.39, 0.29) is 5.91 Å². The highest BCUT2D eigenvalue weighted by Crippen LogP contribution is 2.35. The number of primary amides is 1. The lowest BCUT2D eigenvalue weighted by molar-refractivity contribution is -0.126. The van der Waals surface area contributed by atoms with Crippen molar-refractivity contribution in [3.05, 3.63) is 70.1 Å². The molecule has 5 nitrogen and oxygen atoms in total. The summed E-state index contributed by atoms with van der Waals surface area (Å²) < 4.78 is 1.11. The van der Waals surface area contributed by atoms with Crippen LogP contribution in [0.15, 0.2) is 54.6 Å². The Bertz CT molecular complexity index is 1080. The standard InChI is InChI=1S/C22H20ClN3O2S/c23-21-17-3-1-2-4-18(17)29-19(21)9-10-20(27)26-13-11-25(12-14-26)16-7-5-15(6-8-16)22(24)28/h1-10H,11-14H2,(H2,24,28)/b10-9+. The van der Waals surface area contributed by atoms with Gasteiger partial charge in [0.1, 0.15) is 0 Å². The van der Waals surface area contributed by atoms with E-state index in [2.05, 4.69) is 4.90 Å². The monoisotopic (exact) mass is 425 g/mol. The van der Waals surface area contributed by atoms with E-state index in [0.29, 0.717) is 23.7 Å².